The van der Waals surface area contributed by atoms with Crippen molar-refractivity contribution < 1.29 is 19.2 Å². The van der Waals surface area contributed by atoms with Crippen LogP contribution in [0, 0.1) is 5.92 Å². The number of carbonyl (C=O) groups is 2. The van der Waals surface area contributed by atoms with Crippen LogP contribution in [-0.2, 0) is 4.79 Å². The average molecular weight is 268 g/mol. The quantitative estimate of drug-likeness (QED) is 0.715. The highest BCUT2D eigenvalue weighted by atomic mass is 16.5. The van der Waals surface area contributed by atoms with Gasteiger partial charge in [0.25, 0.3) is 5.91 Å². The first kappa shape index (κ1) is 15.2. The Kier molecular flexibility index (Phi) is 6.63. The number of aromatic nitrogens is 1. The van der Waals surface area contributed by atoms with Crippen molar-refractivity contribution in [1.82, 2.24) is 10.5 Å². The van der Waals surface area contributed by atoms with E-state index in [0.717, 1.165) is 19.3 Å². The van der Waals surface area contributed by atoms with E-state index in [0.29, 0.717) is 18.9 Å². The van der Waals surface area contributed by atoms with Crippen LogP contribution in [0.1, 0.15) is 49.5 Å². The number of hydrogen-bond acceptors (Lipinski definition) is 4. The number of carbonyl (C=O) groups excluding carboxylic acids is 1. The molecule has 19 heavy (non-hydrogen) atoms. The number of nitrogens with zero attached hydrogens (tertiary/aromatic N) is 1. The van der Waals surface area contributed by atoms with Gasteiger partial charge in [0.05, 0.1) is 0 Å². The minimum atomic E-state index is -0.771. The Labute approximate surface area is 112 Å². The highest BCUT2D eigenvalue weighted by Crippen LogP contribution is 2.17. The molecule has 1 aromatic heterocycles. The van der Waals surface area contributed by atoms with Crippen molar-refractivity contribution in [1.29, 1.82) is 0 Å². The summed E-state index contributed by atoms with van der Waals surface area (Å²) in [7, 11) is 0. The molecule has 0 aliphatic carbocycles. The van der Waals surface area contributed by atoms with E-state index in [4.69, 9.17) is 5.11 Å². The second kappa shape index (κ2) is 8.29. The molecule has 1 rings (SSSR count). The largest absolute Gasteiger partial charge is 0.481 e. The van der Waals surface area contributed by atoms with Crippen molar-refractivity contribution in [2.24, 2.45) is 5.92 Å². The van der Waals surface area contributed by atoms with E-state index in [1.807, 2.05) is 0 Å². The second-order valence-electron chi connectivity index (χ2n) is 4.52. The molecular formula is C13H20N2O4. The van der Waals surface area contributed by atoms with Crippen molar-refractivity contribution in [3.63, 3.8) is 0 Å². The number of carboxylic acid groups (broad SMARTS) is 1. The van der Waals surface area contributed by atoms with Crippen LogP contribution in [0.5, 0.6) is 0 Å². The first-order valence-electron chi connectivity index (χ1n) is 6.53. The summed E-state index contributed by atoms with van der Waals surface area (Å²) in [4.78, 5) is 22.1. The van der Waals surface area contributed by atoms with Crippen molar-refractivity contribution >= 4 is 11.9 Å². The maximum atomic E-state index is 11.6. The molecule has 1 atom stereocenters. The summed E-state index contributed by atoms with van der Waals surface area (Å²) in [5.41, 5.74) is 0.262. The molecule has 1 aromatic rings. The summed E-state index contributed by atoms with van der Waals surface area (Å²) in [6.07, 6.45) is 4.96. The van der Waals surface area contributed by atoms with Crippen LogP contribution in [0.3, 0.4) is 0 Å². The van der Waals surface area contributed by atoms with Gasteiger partial charge in [-0.2, -0.15) is 0 Å². The van der Waals surface area contributed by atoms with Gasteiger partial charge in [-0.1, -0.05) is 24.9 Å². The van der Waals surface area contributed by atoms with Gasteiger partial charge in [0, 0.05) is 19.0 Å². The van der Waals surface area contributed by atoms with E-state index in [-0.39, 0.29) is 18.0 Å². The Bertz CT molecular complexity index is 389. The molecular weight excluding hydrogens is 248 g/mol. The van der Waals surface area contributed by atoms with Crippen LogP contribution in [0.4, 0.5) is 0 Å². The molecule has 6 heteroatoms. The van der Waals surface area contributed by atoms with Crippen molar-refractivity contribution in [3.05, 3.63) is 18.0 Å². The lowest BCUT2D eigenvalue weighted by Crippen LogP contribution is -2.26. The third-order valence-electron chi connectivity index (χ3n) is 2.97. The normalized spacial score (nSPS) is 12.1. The Morgan fingerprint density at radius 2 is 2.21 bits per heavy atom. The molecule has 6 nitrogen and oxygen atoms in total. The summed E-state index contributed by atoms with van der Waals surface area (Å²) in [6, 6.07) is 1.50. The molecule has 0 aliphatic rings. The molecule has 1 amide bonds. The number of hydrogen-bond donors (Lipinski definition) is 2. The van der Waals surface area contributed by atoms with Gasteiger partial charge in [0.15, 0.2) is 5.69 Å². The molecule has 1 heterocycles. The minimum Gasteiger partial charge on any atom is -0.481 e. The van der Waals surface area contributed by atoms with Gasteiger partial charge < -0.3 is 14.9 Å². The third-order valence-corrected chi connectivity index (χ3v) is 2.97. The predicted octanol–water partition coefficient (Wildman–Crippen LogP) is 2.08. The summed E-state index contributed by atoms with van der Waals surface area (Å²) < 4.78 is 4.59. The van der Waals surface area contributed by atoms with Crippen LogP contribution in [-0.4, -0.2) is 28.7 Å². The molecule has 0 fully saturated rings. The summed E-state index contributed by atoms with van der Waals surface area (Å²) in [6.45, 7) is 2.59. The second-order valence-corrected chi connectivity index (χ2v) is 4.52. The van der Waals surface area contributed by atoms with Gasteiger partial charge in [-0.3, -0.25) is 9.59 Å². The number of nitrogens with one attached hydrogen (secondary N) is 1. The smallest absolute Gasteiger partial charge is 0.303 e. The van der Waals surface area contributed by atoms with E-state index < -0.39 is 5.97 Å². The van der Waals surface area contributed by atoms with E-state index in [2.05, 4.69) is 21.9 Å². The van der Waals surface area contributed by atoms with Gasteiger partial charge in [-0.05, 0) is 18.8 Å². The lowest BCUT2D eigenvalue weighted by atomic mass is 9.94. The van der Waals surface area contributed by atoms with Crippen LogP contribution in [0.2, 0.25) is 0 Å². The molecule has 0 saturated heterocycles. The molecule has 0 saturated carbocycles. The molecule has 106 valence electrons. The van der Waals surface area contributed by atoms with Crippen LogP contribution in [0.15, 0.2) is 16.9 Å². The number of aliphatic carboxylic acids is 1. The molecule has 0 radical (unpaired) electrons. The van der Waals surface area contributed by atoms with Crippen molar-refractivity contribution in [3.8, 4) is 0 Å². The standard InChI is InChI=1S/C13H20N2O4/c1-2-3-10(4-5-12(16)17)6-8-14-13(18)11-7-9-19-15-11/h7,9-10H,2-6,8H2,1H3,(H,14,18)(H,16,17). The first-order chi connectivity index (χ1) is 9.13. The maximum Gasteiger partial charge on any atom is 0.303 e. The maximum absolute atomic E-state index is 11.6. The minimum absolute atomic E-state index is 0.182. The van der Waals surface area contributed by atoms with E-state index in [1.54, 1.807) is 0 Å². The van der Waals surface area contributed by atoms with Gasteiger partial charge in [0.1, 0.15) is 6.26 Å². The summed E-state index contributed by atoms with van der Waals surface area (Å²) in [5.74, 6) is -0.700. The fourth-order valence-electron chi connectivity index (χ4n) is 1.98. The van der Waals surface area contributed by atoms with Crippen LogP contribution >= 0.6 is 0 Å². The molecule has 2 N–H and O–H groups in total. The van der Waals surface area contributed by atoms with Crippen molar-refractivity contribution in [2.75, 3.05) is 6.54 Å². The molecule has 0 aliphatic heterocycles. The first-order valence-corrected chi connectivity index (χ1v) is 6.53. The summed E-state index contributed by atoms with van der Waals surface area (Å²) >= 11 is 0. The highest BCUT2D eigenvalue weighted by molar-refractivity contribution is 5.91. The number of amides is 1. The lowest BCUT2D eigenvalue weighted by molar-refractivity contribution is -0.137. The number of carboxylic acids is 1. The van der Waals surface area contributed by atoms with Gasteiger partial charge in [0.2, 0.25) is 0 Å². The molecule has 0 aromatic carbocycles. The lowest BCUT2D eigenvalue weighted by Gasteiger charge is -2.15. The van der Waals surface area contributed by atoms with E-state index in [9.17, 15) is 9.59 Å². The van der Waals surface area contributed by atoms with E-state index in [1.165, 1.54) is 12.3 Å². The fraction of sp³-hybridized carbons (Fsp3) is 0.615. The van der Waals surface area contributed by atoms with Gasteiger partial charge in [-0.15, -0.1) is 0 Å². The predicted molar refractivity (Wildman–Crippen MR) is 68.7 cm³/mol. The monoisotopic (exact) mass is 268 g/mol. The zero-order valence-electron chi connectivity index (χ0n) is 11.1. The topological polar surface area (TPSA) is 92.4 Å². The highest BCUT2D eigenvalue weighted by Gasteiger charge is 2.12. The van der Waals surface area contributed by atoms with E-state index >= 15 is 0 Å². The SMILES string of the molecule is CCCC(CCNC(=O)c1ccon1)CCC(=O)O. The van der Waals surface area contributed by atoms with Crippen LogP contribution in [0.25, 0.3) is 0 Å². The van der Waals surface area contributed by atoms with Crippen LogP contribution < -0.4 is 5.32 Å². The van der Waals surface area contributed by atoms with Gasteiger partial charge >= 0.3 is 5.97 Å². The fourth-order valence-corrected chi connectivity index (χ4v) is 1.98. The Morgan fingerprint density at radius 3 is 2.79 bits per heavy atom. The molecule has 1 unspecified atom stereocenters. The zero-order valence-corrected chi connectivity index (χ0v) is 11.1. The third kappa shape index (κ3) is 6.03. The Morgan fingerprint density at radius 1 is 1.42 bits per heavy atom. The molecule has 0 bridgehead atoms. The van der Waals surface area contributed by atoms with Gasteiger partial charge in [-0.25, -0.2) is 0 Å². The zero-order chi connectivity index (χ0) is 14.1. The summed E-state index contributed by atoms with van der Waals surface area (Å²) in [5, 5.41) is 15.0. The molecule has 0 spiro atoms. The average Bonchev–Trinajstić information content (AvgIpc) is 2.89. The number of rotatable bonds is 9. The Balaban J connectivity index is 2.27. The Hall–Kier alpha value is -1.85. The van der Waals surface area contributed by atoms with Crippen molar-refractivity contribution in [2.45, 2.75) is 39.0 Å².